The summed E-state index contributed by atoms with van der Waals surface area (Å²) < 4.78 is 26.6. The lowest BCUT2D eigenvalue weighted by atomic mass is 9.78. The Bertz CT molecular complexity index is 735. The molecule has 1 heterocycles. The quantitative estimate of drug-likeness (QED) is 0.620. The van der Waals surface area contributed by atoms with Gasteiger partial charge in [-0.15, -0.1) is 0 Å². The van der Waals surface area contributed by atoms with Crippen molar-refractivity contribution in [1.29, 1.82) is 5.26 Å². The number of hydrogen-bond acceptors (Lipinski definition) is 5. The third-order valence-corrected chi connectivity index (χ3v) is 6.01. The summed E-state index contributed by atoms with van der Waals surface area (Å²) in [6.45, 7) is 4.12. The van der Waals surface area contributed by atoms with Crippen LogP contribution in [-0.2, 0) is 15.8 Å². The van der Waals surface area contributed by atoms with E-state index in [0.29, 0.717) is 18.5 Å². The van der Waals surface area contributed by atoms with Gasteiger partial charge in [0.15, 0.2) is 0 Å². The third kappa shape index (κ3) is 3.68. The van der Waals surface area contributed by atoms with Gasteiger partial charge in [-0.05, 0) is 23.8 Å². The molecule has 1 saturated heterocycles. The number of piperidine rings is 1. The van der Waals surface area contributed by atoms with Crippen LogP contribution in [0.15, 0.2) is 24.3 Å². The summed E-state index contributed by atoms with van der Waals surface area (Å²) in [7, 11) is -3.66. The van der Waals surface area contributed by atoms with Crippen LogP contribution in [0.5, 0.6) is 0 Å². The summed E-state index contributed by atoms with van der Waals surface area (Å²) in [5.74, 6) is -0.265. The third-order valence-electron chi connectivity index (χ3n) is 4.20. The van der Waals surface area contributed by atoms with Crippen LogP contribution < -0.4 is 0 Å². The number of benzene rings is 1. The van der Waals surface area contributed by atoms with Crippen molar-refractivity contribution in [1.82, 2.24) is 4.31 Å². The molecule has 1 aliphatic heterocycles. The molecule has 1 aromatic carbocycles. The number of rotatable bonds is 4. The van der Waals surface area contributed by atoms with Gasteiger partial charge >= 0.3 is 0 Å². The fourth-order valence-electron chi connectivity index (χ4n) is 2.89. The van der Waals surface area contributed by atoms with Crippen LogP contribution in [0, 0.1) is 26.9 Å². The molecule has 0 bridgehead atoms. The molecule has 0 amide bonds. The molecule has 8 heteroatoms. The molecule has 0 radical (unpaired) electrons. The highest BCUT2D eigenvalue weighted by Crippen LogP contribution is 2.36. The molecular formula is C15H19N3O4S. The first kappa shape index (κ1) is 17.4. The lowest BCUT2D eigenvalue weighted by Crippen LogP contribution is -2.51. The van der Waals surface area contributed by atoms with Crippen LogP contribution in [0.3, 0.4) is 0 Å². The van der Waals surface area contributed by atoms with Crippen molar-refractivity contribution in [3.63, 3.8) is 0 Å². The maximum atomic E-state index is 12.7. The average molecular weight is 337 g/mol. The second-order valence-electron chi connectivity index (χ2n) is 6.41. The number of nitro benzene ring substituents is 1. The van der Waals surface area contributed by atoms with Gasteiger partial charge in [-0.25, -0.2) is 8.42 Å². The van der Waals surface area contributed by atoms with Gasteiger partial charge in [0.2, 0.25) is 10.0 Å². The number of nitriles is 1. The summed E-state index contributed by atoms with van der Waals surface area (Å²) in [5, 5.41) is 20.0. The Kier molecular flexibility index (Phi) is 4.73. The zero-order valence-corrected chi connectivity index (χ0v) is 13.9. The standard InChI is InChI=1S/C15H19N3O4S/c1-15(2)8-3-9-17(14(15)10-16)23(21,22)11-12-4-6-13(7-5-12)18(19)20/h4-7,14H,3,8-9,11H2,1-2H3/t14-/m0/s1. The van der Waals surface area contributed by atoms with Crippen molar-refractivity contribution in [2.24, 2.45) is 5.41 Å². The minimum Gasteiger partial charge on any atom is -0.258 e. The van der Waals surface area contributed by atoms with Crippen LogP contribution in [-0.4, -0.2) is 30.2 Å². The zero-order chi connectivity index (χ0) is 17.3. The predicted molar refractivity (Wildman–Crippen MR) is 84.8 cm³/mol. The molecule has 1 aromatic rings. The van der Waals surface area contributed by atoms with Crippen molar-refractivity contribution in [3.8, 4) is 6.07 Å². The number of sulfonamides is 1. The maximum absolute atomic E-state index is 12.7. The largest absolute Gasteiger partial charge is 0.269 e. The summed E-state index contributed by atoms with van der Waals surface area (Å²) in [6, 6.07) is 6.86. The van der Waals surface area contributed by atoms with Crippen molar-refractivity contribution >= 4 is 15.7 Å². The van der Waals surface area contributed by atoms with Crippen LogP contribution in [0.25, 0.3) is 0 Å². The fraction of sp³-hybridized carbons (Fsp3) is 0.533. The Balaban J connectivity index is 2.24. The molecular weight excluding hydrogens is 318 g/mol. The Morgan fingerprint density at radius 1 is 1.39 bits per heavy atom. The number of nitrogens with zero attached hydrogens (tertiary/aromatic N) is 3. The minimum absolute atomic E-state index is 0.0832. The average Bonchev–Trinajstić information content (AvgIpc) is 2.46. The molecule has 1 fully saturated rings. The first-order chi connectivity index (χ1) is 10.7. The lowest BCUT2D eigenvalue weighted by Gasteiger charge is -2.41. The van der Waals surface area contributed by atoms with Crippen molar-refractivity contribution in [3.05, 3.63) is 39.9 Å². The summed E-state index contributed by atoms with van der Waals surface area (Å²) in [6.07, 6.45) is 1.51. The van der Waals surface area contributed by atoms with Crippen LogP contribution in [0.2, 0.25) is 0 Å². The normalized spacial score (nSPS) is 21.5. The lowest BCUT2D eigenvalue weighted by molar-refractivity contribution is -0.384. The molecule has 0 aliphatic carbocycles. The molecule has 0 aromatic heterocycles. The number of hydrogen-bond donors (Lipinski definition) is 0. The Labute approximate surface area is 135 Å². The molecule has 2 rings (SSSR count). The van der Waals surface area contributed by atoms with E-state index in [4.69, 9.17) is 0 Å². The van der Waals surface area contributed by atoms with E-state index in [0.717, 1.165) is 6.42 Å². The van der Waals surface area contributed by atoms with E-state index < -0.39 is 26.4 Å². The molecule has 1 atom stereocenters. The molecule has 124 valence electrons. The summed E-state index contributed by atoms with van der Waals surface area (Å²) in [4.78, 5) is 10.1. The molecule has 0 spiro atoms. The van der Waals surface area contributed by atoms with E-state index in [-0.39, 0.29) is 11.4 Å². The molecule has 0 unspecified atom stereocenters. The Morgan fingerprint density at radius 2 is 2.00 bits per heavy atom. The Hall–Kier alpha value is -1.98. The summed E-state index contributed by atoms with van der Waals surface area (Å²) >= 11 is 0. The fourth-order valence-corrected chi connectivity index (χ4v) is 4.73. The van der Waals surface area contributed by atoms with Crippen LogP contribution in [0.4, 0.5) is 5.69 Å². The summed E-state index contributed by atoms with van der Waals surface area (Å²) in [5.41, 5.74) is -0.00829. The topological polar surface area (TPSA) is 104 Å². The number of nitro groups is 1. The molecule has 0 N–H and O–H groups in total. The highest BCUT2D eigenvalue weighted by Gasteiger charge is 2.43. The highest BCUT2D eigenvalue weighted by molar-refractivity contribution is 7.88. The molecule has 0 saturated carbocycles. The van der Waals surface area contributed by atoms with E-state index in [1.807, 2.05) is 13.8 Å². The van der Waals surface area contributed by atoms with Gasteiger partial charge in [-0.2, -0.15) is 9.57 Å². The van der Waals surface area contributed by atoms with Gasteiger partial charge in [0.25, 0.3) is 5.69 Å². The minimum atomic E-state index is -3.66. The monoisotopic (exact) mass is 337 g/mol. The smallest absolute Gasteiger partial charge is 0.258 e. The first-order valence-corrected chi connectivity index (χ1v) is 8.91. The van der Waals surface area contributed by atoms with Crippen molar-refractivity contribution < 1.29 is 13.3 Å². The van der Waals surface area contributed by atoms with Gasteiger partial charge in [0, 0.05) is 18.7 Å². The van der Waals surface area contributed by atoms with Gasteiger partial charge in [0.1, 0.15) is 6.04 Å². The number of non-ortho nitro benzene ring substituents is 1. The predicted octanol–water partition coefficient (Wildman–Crippen LogP) is 2.44. The second kappa shape index (κ2) is 6.26. The maximum Gasteiger partial charge on any atom is 0.269 e. The van der Waals surface area contributed by atoms with E-state index in [9.17, 15) is 23.8 Å². The van der Waals surface area contributed by atoms with Crippen molar-refractivity contribution in [2.75, 3.05) is 6.54 Å². The van der Waals surface area contributed by atoms with Crippen molar-refractivity contribution in [2.45, 2.75) is 38.5 Å². The van der Waals surface area contributed by atoms with Gasteiger partial charge < -0.3 is 0 Å². The van der Waals surface area contributed by atoms with Gasteiger partial charge in [-0.3, -0.25) is 10.1 Å². The highest BCUT2D eigenvalue weighted by atomic mass is 32.2. The zero-order valence-electron chi connectivity index (χ0n) is 13.1. The Morgan fingerprint density at radius 3 is 2.52 bits per heavy atom. The second-order valence-corrected chi connectivity index (χ2v) is 8.34. The molecule has 23 heavy (non-hydrogen) atoms. The van der Waals surface area contributed by atoms with Gasteiger partial charge in [-0.1, -0.05) is 26.0 Å². The van der Waals surface area contributed by atoms with Crippen LogP contribution in [0.1, 0.15) is 32.3 Å². The molecule has 7 nitrogen and oxygen atoms in total. The van der Waals surface area contributed by atoms with E-state index in [1.54, 1.807) is 0 Å². The van der Waals surface area contributed by atoms with Crippen LogP contribution >= 0.6 is 0 Å². The van der Waals surface area contributed by atoms with E-state index >= 15 is 0 Å². The van der Waals surface area contributed by atoms with E-state index in [2.05, 4.69) is 6.07 Å². The van der Waals surface area contributed by atoms with E-state index in [1.165, 1.54) is 28.6 Å². The first-order valence-electron chi connectivity index (χ1n) is 7.30. The van der Waals surface area contributed by atoms with Gasteiger partial charge in [0.05, 0.1) is 16.7 Å². The SMILES string of the molecule is CC1(C)CCCN(S(=O)(=O)Cc2ccc([N+](=O)[O-])cc2)[C@H]1C#N. The molecule has 1 aliphatic rings.